The van der Waals surface area contributed by atoms with Crippen LogP contribution >= 0.6 is 11.6 Å². The van der Waals surface area contributed by atoms with Crippen molar-refractivity contribution in [3.63, 3.8) is 0 Å². The molecule has 8 nitrogen and oxygen atoms in total. The first kappa shape index (κ1) is 24.6. The van der Waals surface area contributed by atoms with Gasteiger partial charge in [-0.3, -0.25) is 9.69 Å². The molecule has 2 aromatic heterocycles. The molecule has 1 N–H and O–H groups in total. The molecule has 9 heteroatoms. The van der Waals surface area contributed by atoms with E-state index in [4.69, 9.17) is 21.1 Å². The number of carbonyl (C=O) groups excluding carboxylic acids is 2. The largest absolute Gasteiger partial charge is 0.444 e. The lowest BCUT2D eigenvalue weighted by Gasteiger charge is -2.39. The summed E-state index contributed by atoms with van der Waals surface area (Å²) in [4.78, 5) is 36.7. The Labute approximate surface area is 215 Å². The minimum Gasteiger partial charge on any atom is -0.444 e. The molecule has 2 aliphatic rings. The Morgan fingerprint density at radius 1 is 1.19 bits per heavy atom. The van der Waals surface area contributed by atoms with Crippen LogP contribution in [0.25, 0.3) is 22.2 Å². The van der Waals surface area contributed by atoms with Crippen LogP contribution in [0.3, 0.4) is 0 Å². The number of aromatic nitrogens is 2. The molecule has 1 aromatic carbocycles. The number of nitrogens with zero attached hydrogens (tertiary/aromatic N) is 3. The van der Waals surface area contributed by atoms with Crippen molar-refractivity contribution in [2.45, 2.75) is 52.3 Å². The van der Waals surface area contributed by atoms with Crippen molar-refractivity contribution in [1.29, 1.82) is 0 Å². The van der Waals surface area contributed by atoms with E-state index >= 15 is 0 Å². The van der Waals surface area contributed by atoms with E-state index in [1.807, 2.05) is 37.9 Å². The summed E-state index contributed by atoms with van der Waals surface area (Å²) >= 11 is 6.37. The van der Waals surface area contributed by atoms with Crippen LogP contribution in [0.4, 0.5) is 4.79 Å². The molecule has 0 radical (unpaired) electrons. The third-order valence-corrected chi connectivity index (χ3v) is 7.06. The van der Waals surface area contributed by atoms with Crippen LogP contribution < -0.4 is 0 Å². The molecule has 1 fully saturated rings. The number of nitrogens with one attached hydrogen (secondary N) is 1. The normalized spacial score (nSPS) is 18.3. The molecular formula is C27H31ClN4O4. The number of morpholine rings is 1. The Bertz CT molecular complexity index is 1330. The lowest BCUT2D eigenvalue weighted by atomic mass is 9.87. The molecule has 36 heavy (non-hydrogen) atoms. The molecule has 1 atom stereocenters. The molecule has 0 saturated carbocycles. The zero-order valence-corrected chi connectivity index (χ0v) is 21.8. The van der Waals surface area contributed by atoms with Crippen LogP contribution in [-0.2, 0) is 27.2 Å². The van der Waals surface area contributed by atoms with Crippen LogP contribution in [-0.4, -0.2) is 63.7 Å². The van der Waals surface area contributed by atoms with Gasteiger partial charge in [0.05, 0.1) is 24.3 Å². The van der Waals surface area contributed by atoms with E-state index in [0.717, 1.165) is 45.3 Å². The fourth-order valence-electron chi connectivity index (χ4n) is 4.96. The van der Waals surface area contributed by atoms with Crippen LogP contribution in [0.5, 0.6) is 0 Å². The van der Waals surface area contributed by atoms with Gasteiger partial charge in [0.25, 0.3) is 0 Å². The van der Waals surface area contributed by atoms with Gasteiger partial charge in [0.15, 0.2) is 0 Å². The number of carbonyl (C=O) groups is 2. The Kier molecular flexibility index (Phi) is 6.43. The number of pyridine rings is 1. The lowest BCUT2D eigenvalue weighted by molar-refractivity contribution is -0.129. The van der Waals surface area contributed by atoms with Crippen molar-refractivity contribution in [3.8, 4) is 11.1 Å². The molecule has 1 saturated heterocycles. The molecule has 4 heterocycles. The fraction of sp³-hybridized carbons (Fsp3) is 0.444. The summed E-state index contributed by atoms with van der Waals surface area (Å²) in [6, 6.07) is 5.96. The molecule has 0 spiro atoms. The van der Waals surface area contributed by atoms with Crippen molar-refractivity contribution < 1.29 is 19.1 Å². The van der Waals surface area contributed by atoms with Gasteiger partial charge in [0, 0.05) is 49.9 Å². The SMILES string of the molecule is CC(=O)N1CCc2cc(-c3cnc4[nH]cc(Cl)c4c3)cc(C3COCCN3C(=O)OC(C)(C)C)c2C1. The number of benzene rings is 1. The maximum Gasteiger partial charge on any atom is 0.410 e. The van der Waals surface area contributed by atoms with Gasteiger partial charge < -0.3 is 19.4 Å². The highest BCUT2D eigenvalue weighted by Crippen LogP contribution is 2.37. The maximum absolute atomic E-state index is 13.2. The third kappa shape index (κ3) is 4.80. The van der Waals surface area contributed by atoms with Crippen LogP contribution in [0, 0.1) is 0 Å². The highest BCUT2D eigenvalue weighted by molar-refractivity contribution is 6.35. The summed E-state index contributed by atoms with van der Waals surface area (Å²) in [6.07, 6.45) is 3.93. The number of aromatic amines is 1. The van der Waals surface area contributed by atoms with E-state index < -0.39 is 5.60 Å². The summed E-state index contributed by atoms with van der Waals surface area (Å²) in [5.74, 6) is 0.0383. The minimum atomic E-state index is -0.608. The van der Waals surface area contributed by atoms with Gasteiger partial charge in [-0.25, -0.2) is 9.78 Å². The van der Waals surface area contributed by atoms with E-state index in [2.05, 4.69) is 22.1 Å². The Morgan fingerprint density at radius 3 is 2.75 bits per heavy atom. The first-order chi connectivity index (χ1) is 17.1. The third-order valence-electron chi connectivity index (χ3n) is 6.75. The zero-order chi connectivity index (χ0) is 25.6. The highest BCUT2D eigenvalue weighted by atomic mass is 35.5. The number of hydrogen-bond acceptors (Lipinski definition) is 5. The van der Waals surface area contributed by atoms with Gasteiger partial charge in [0.2, 0.25) is 5.91 Å². The summed E-state index contributed by atoms with van der Waals surface area (Å²) in [5.41, 5.74) is 5.25. The molecule has 2 aliphatic heterocycles. The Balaban J connectivity index is 1.62. The molecule has 5 rings (SSSR count). The monoisotopic (exact) mass is 510 g/mol. The molecular weight excluding hydrogens is 480 g/mol. The summed E-state index contributed by atoms with van der Waals surface area (Å²) in [7, 11) is 0. The van der Waals surface area contributed by atoms with E-state index in [-0.39, 0.29) is 18.0 Å². The van der Waals surface area contributed by atoms with Crippen molar-refractivity contribution in [2.24, 2.45) is 0 Å². The lowest BCUT2D eigenvalue weighted by Crippen LogP contribution is -2.46. The second-order valence-electron chi connectivity index (χ2n) is 10.4. The highest BCUT2D eigenvalue weighted by Gasteiger charge is 2.35. The molecule has 190 valence electrons. The number of amides is 2. The topological polar surface area (TPSA) is 87.8 Å². The number of halogens is 1. The van der Waals surface area contributed by atoms with Gasteiger partial charge in [-0.2, -0.15) is 0 Å². The number of ether oxygens (including phenoxy) is 2. The van der Waals surface area contributed by atoms with E-state index in [9.17, 15) is 9.59 Å². The van der Waals surface area contributed by atoms with Crippen LogP contribution in [0.2, 0.25) is 5.02 Å². The minimum absolute atomic E-state index is 0.0383. The number of hydrogen-bond donors (Lipinski definition) is 1. The van der Waals surface area contributed by atoms with E-state index in [1.54, 1.807) is 18.0 Å². The Morgan fingerprint density at radius 2 is 2.00 bits per heavy atom. The van der Waals surface area contributed by atoms with Crippen molar-refractivity contribution >= 4 is 34.6 Å². The molecule has 2 amide bonds. The second kappa shape index (κ2) is 9.41. The van der Waals surface area contributed by atoms with Gasteiger partial charge in [-0.1, -0.05) is 17.7 Å². The average molecular weight is 511 g/mol. The zero-order valence-electron chi connectivity index (χ0n) is 21.1. The Hall–Kier alpha value is -3.10. The predicted molar refractivity (Wildman–Crippen MR) is 138 cm³/mol. The molecule has 1 unspecified atom stereocenters. The second-order valence-corrected chi connectivity index (χ2v) is 10.8. The van der Waals surface area contributed by atoms with Crippen molar-refractivity contribution in [1.82, 2.24) is 19.8 Å². The average Bonchev–Trinajstić information content (AvgIpc) is 3.22. The van der Waals surface area contributed by atoms with E-state index in [0.29, 0.717) is 37.9 Å². The standard InChI is InChI=1S/C27H31ClN4O4/c1-16(33)31-6-5-17-9-18(19-11-21-23(28)13-30-25(21)29-12-19)10-20(22(17)14-31)24-15-35-8-7-32(24)26(34)36-27(2,3)4/h9-13,24H,5-8,14-15H2,1-4H3,(H,29,30). The number of rotatable bonds is 2. The van der Waals surface area contributed by atoms with Crippen LogP contribution in [0.15, 0.2) is 30.6 Å². The fourth-order valence-corrected chi connectivity index (χ4v) is 5.16. The predicted octanol–water partition coefficient (Wildman–Crippen LogP) is 5.10. The van der Waals surface area contributed by atoms with Gasteiger partial charge in [-0.15, -0.1) is 0 Å². The number of H-pyrrole nitrogens is 1. The van der Waals surface area contributed by atoms with Gasteiger partial charge >= 0.3 is 6.09 Å². The van der Waals surface area contributed by atoms with Crippen LogP contribution in [0.1, 0.15) is 50.4 Å². The number of fused-ring (bicyclic) bond motifs is 2. The van der Waals surface area contributed by atoms with E-state index in [1.165, 1.54) is 0 Å². The van der Waals surface area contributed by atoms with Crippen molar-refractivity contribution in [3.05, 3.63) is 52.3 Å². The first-order valence-electron chi connectivity index (χ1n) is 12.2. The molecule has 3 aromatic rings. The first-order valence-corrected chi connectivity index (χ1v) is 12.6. The summed E-state index contributed by atoms with van der Waals surface area (Å²) in [6.45, 7) is 9.58. The molecule has 0 bridgehead atoms. The quantitative estimate of drug-likeness (QED) is 0.518. The smallest absolute Gasteiger partial charge is 0.410 e. The summed E-state index contributed by atoms with van der Waals surface area (Å²) < 4.78 is 11.6. The summed E-state index contributed by atoms with van der Waals surface area (Å²) in [5, 5.41) is 1.47. The molecule has 0 aliphatic carbocycles. The van der Waals surface area contributed by atoms with Gasteiger partial charge in [0.1, 0.15) is 11.2 Å². The van der Waals surface area contributed by atoms with Gasteiger partial charge in [-0.05, 0) is 61.6 Å². The van der Waals surface area contributed by atoms with Crippen molar-refractivity contribution in [2.75, 3.05) is 26.3 Å². The maximum atomic E-state index is 13.2.